The Kier molecular flexibility index (Phi) is 6.44. The number of nitrogens with zero attached hydrogens (tertiary/aromatic N) is 2. The minimum Gasteiger partial charge on any atom is -0.356 e. The number of hydrogen-bond donors (Lipinski definition) is 1. The van der Waals surface area contributed by atoms with E-state index in [4.69, 9.17) is 0 Å². The molecule has 0 aromatic carbocycles. The van der Waals surface area contributed by atoms with Crippen LogP contribution in [0.25, 0.3) is 0 Å². The van der Waals surface area contributed by atoms with Gasteiger partial charge in [-0.2, -0.15) is 10.2 Å². The van der Waals surface area contributed by atoms with Crippen LogP contribution in [0.3, 0.4) is 0 Å². The molecular weight excluding hydrogens is 406 g/mol. The molecule has 1 heterocycles. The number of rotatable bonds is 8. The molecule has 0 aromatic rings. The molecule has 4 nitrogen and oxygen atoms in total. The molecule has 4 heteroatoms. The summed E-state index contributed by atoms with van der Waals surface area (Å²) in [7, 11) is 0. The standard InChI is InChI=1S/C29H49N3O/c1-20-19-22-9-5-6-15-27(22,2)24-14-17-28(3)21(12-13-23(28)26(20)24)10-7-11-25(33)30-18-8-16-29(4)31-32-29/h20-24,26H,5-19H2,1-4H3,(H,30,33)/t20?,21?,22?,23-,24?,26?,27?,28?/m0/s1. The summed E-state index contributed by atoms with van der Waals surface area (Å²) in [5.74, 6) is 5.86. The maximum Gasteiger partial charge on any atom is 0.219 e. The second kappa shape index (κ2) is 8.94. The first-order valence-electron chi connectivity index (χ1n) is 14.5. The van der Waals surface area contributed by atoms with Crippen molar-refractivity contribution in [2.75, 3.05) is 6.54 Å². The summed E-state index contributed by atoms with van der Waals surface area (Å²) in [6.07, 6.45) is 18.2. The quantitative estimate of drug-likeness (QED) is 0.378. The molecule has 1 amide bonds. The number of amides is 1. The molecule has 5 rings (SSSR count). The van der Waals surface area contributed by atoms with Gasteiger partial charge in [0.2, 0.25) is 5.91 Å². The molecule has 5 aliphatic rings. The van der Waals surface area contributed by atoms with Gasteiger partial charge in [-0.15, -0.1) is 0 Å². The van der Waals surface area contributed by atoms with Gasteiger partial charge in [0.15, 0.2) is 5.66 Å². The Balaban J connectivity index is 1.12. The zero-order valence-corrected chi connectivity index (χ0v) is 21.9. The fourth-order valence-corrected chi connectivity index (χ4v) is 9.69. The van der Waals surface area contributed by atoms with Crippen LogP contribution in [-0.2, 0) is 4.79 Å². The zero-order chi connectivity index (χ0) is 23.3. The van der Waals surface area contributed by atoms with Gasteiger partial charge in [-0.1, -0.05) is 33.6 Å². The summed E-state index contributed by atoms with van der Waals surface area (Å²) < 4.78 is 0. The predicted octanol–water partition coefficient (Wildman–Crippen LogP) is 7.53. The molecule has 8 atom stereocenters. The van der Waals surface area contributed by atoms with E-state index in [2.05, 4.69) is 43.2 Å². The molecule has 186 valence electrons. The Hall–Kier alpha value is -0.930. The van der Waals surface area contributed by atoms with Crippen molar-refractivity contribution in [3.63, 3.8) is 0 Å². The van der Waals surface area contributed by atoms with Crippen molar-refractivity contribution in [1.82, 2.24) is 5.32 Å². The molecule has 0 saturated heterocycles. The van der Waals surface area contributed by atoms with E-state index in [9.17, 15) is 4.79 Å². The van der Waals surface area contributed by atoms with E-state index >= 15 is 0 Å². The predicted molar refractivity (Wildman–Crippen MR) is 134 cm³/mol. The fraction of sp³-hybridized carbons (Fsp3) is 0.966. The Morgan fingerprint density at radius 2 is 1.73 bits per heavy atom. The van der Waals surface area contributed by atoms with E-state index in [0.29, 0.717) is 17.3 Å². The molecule has 4 aliphatic carbocycles. The first-order chi connectivity index (χ1) is 15.8. The van der Waals surface area contributed by atoms with E-state index in [1.54, 1.807) is 0 Å². The Morgan fingerprint density at radius 1 is 0.939 bits per heavy atom. The summed E-state index contributed by atoms with van der Waals surface area (Å²) in [5.41, 5.74) is 1.02. The first-order valence-corrected chi connectivity index (χ1v) is 14.5. The lowest BCUT2D eigenvalue weighted by Gasteiger charge is -2.62. The van der Waals surface area contributed by atoms with Crippen molar-refractivity contribution >= 4 is 5.91 Å². The molecule has 7 unspecified atom stereocenters. The number of nitrogens with one attached hydrogen (secondary N) is 1. The number of carbonyl (C=O) groups is 1. The Morgan fingerprint density at radius 3 is 2.52 bits per heavy atom. The molecule has 33 heavy (non-hydrogen) atoms. The van der Waals surface area contributed by atoms with Crippen LogP contribution < -0.4 is 5.32 Å². The van der Waals surface area contributed by atoms with E-state index in [1.165, 1.54) is 64.2 Å². The molecule has 0 bridgehead atoms. The van der Waals surface area contributed by atoms with Crippen molar-refractivity contribution < 1.29 is 4.79 Å². The Labute approximate surface area is 202 Å². The maximum absolute atomic E-state index is 12.4. The highest BCUT2D eigenvalue weighted by atomic mass is 16.1. The van der Waals surface area contributed by atoms with Crippen LogP contribution in [-0.4, -0.2) is 18.1 Å². The van der Waals surface area contributed by atoms with Gasteiger partial charge in [0, 0.05) is 13.0 Å². The fourth-order valence-electron chi connectivity index (χ4n) is 9.69. The number of hydrogen-bond acceptors (Lipinski definition) is 3. The third-order valence-electron chi connectivity index (χ3n) is 11.7. The van der Waals surface area contributed by atoms with E-state index in [-0.39, 0.29) is 11.6 Å². The summed E-state index contributed by atoms with van der Waals surface area (Å²) in [6.45, 7) is 10.8. The largest absolute Gasteiger partial charge is 0.356 e. The van der Waals surface area contributed by atoms with Crippen LogP contribution in [0, 0.1) is 46.3 Å². The lowest BCUT2D eigenvalue weighted by atomic mass is 9.43. The third kappa shape index (κ3) is 4.42. The maximum atomic E-state index is 12.4. The van der Waals surface area contributed by atoms with E-state index in [0.717, 1.165) is 61.3 Å². The molecule has 1 N–H and O–H groups in total. The smallest absolute Gasteiger partial charge is 0.219 e. The highest BCUT2D eigenvalue weighted by Crippen LogP contribution is 2.69. The van der Waals surface area contributed by atoms with Gasteiger partial charge in [0.25, 0.3) is 0 Å². The summed E-state index contributed by atoms with van der Waals surface area (Å²) in [4.78, 5) is 12.4. The van der Waals surface area contributed by atoms with Crippen LogP contribution in [0.1, 0.15) is 118 Å². The summed E-state index contributed by atoms with van der Waals surface area (Å²) >= 11 is 0. The zero-order valence-electron chi connectivity index (χ0n) is 21.9. The third-order valence-corrected chi connectivity index (χ3v) is 11.7. The molecule has 4 saturated carbocycles. The topological polar surface area (TPSA) is 53.8 Å². The lowest BCUT2D eigenvalue weighted by molar-refractivity contribution is -0.135. The van der Waals surface area contributed by atoms with Crippen molar-refractivity contribution in [3.8, 4) is 0 Å². The average molecular weight is 456 g/mol. The van der Waals surface area contributed by atoms with Gasteiger partial charge < -0.3 is 5.32 Å². The molecule has 0 aromatic heterocycles. The molecule has 0 radical (unpaired) electrons. The minimum absolute atomic E-state index is 0.136. The van der Waals surface area contributed by atoms with Gasteiger partial charge in [-0.25, -0.2) is 0 Å². The summed E-state index contributed by atoms with van der Waals surface area (Å²) in [6, 6.07) is 0. The number of carbonyl (C=O) groups excluding carboxylic acids is 1. The molecular formula is C29H49N3O. The second-order valence-electron chi connectivity index (χ2n) is 13.5. The van der Waals surface area contributed by atoms with Gasteiger partial charge in [0.1, 0.15) is 0 Å². The monoisotopic (exact) mass is 455 g/mol. The first kappa shape index (κ1) is 23.8. The van der Waals surface area contributed by atoms with Crippen molar-refractivity contribution in [1.29, 1.82) is 0 Å². The molecule has 4 fully saturated rings. The lowest BCUT2D eigenvalue weighted by Crippen LogP contribution is -2.55. The van der Waals surface area contributed by atoms with Gasteiger partial charge in [0.05, 0.1) is 0 Å². The van der Waals surface area contributed by atoms with Crippen molar-refractivity contribution in [2.24, 2.45) is 56.6 Å². The SMILES string of the molecule is CC1CC2CCCCC2(C)C2CCC3(C)C(CCCC(=O)NCCCC4(C)N=N4)CC[C@H]3C12. The van der Waals surface area contributed by atoms with Crippen LogP contribution in [0.4, 0.5) is 0 Å². The van der Waals surface area contributed by atoms with Crippen molar-refractivity contribution in [3.05, 3.63) is 0 Å². The van der Waals surface area contributed by atoms with E-state index < -0.39 is 0 Å². The van der Waals surface area contributed by atoms with Gasteiger partial charge in [-0.3, -0.25) is 4.79 Å². The van der Waals surface area contributed by atoms with Crippen LogP contribution in [0.2, 0.25) is 0 Å². The van der Waals surface area contributed by atoms with Crippen LogP contribution in [0.15, 0.2) is 10.2 Å². The normalized spacial score (nSPS) is 45.1. The van der Waals surface area contributed by atoms with Crippen molar-refractivity contribution in [2.45, 2.75) is 123 Å². The van der Waals surface area contributed by atoms with Gasteiger partial charge >= 0.3 is 0 Å². The Bertz CT molecular complexity index is 758. The second-order valence-corrected chi connectivity index (χ2v) is 13.5. The van der Waals surface area contributed by atoms with E-state index in [1.807, 2.05) is 0 Å². The highest BCUT2D eigenvalue weighted by molar-refractivity contribution is 5.75. The number of fused-ring (bicyclic) bond motifs is 5. The summed E-state index contributed by atoms with van der Waals surface area (Å²) in [5, 5.41) is 11.2. The van der Waals surface area contributed by atoms with Crippen LogP contribution >= 0.6 is 0 Å². The van der Waals surface area contributed by atoms with Gasteiger partial charge in [-0.05, 0) is 124 Å². The highest BCUT2D eigenvalue weighted by Gasteiger charge is 2.61. The average Bonchev–Trinajstić information content (AvgIpc) is 3.42. The van der Waals surface area contributed by atoms with Crippen LogP contribution in [0.5, 0.6) is 0 Å². The molecule has 0 spiro atoms. The minimum atomic E-state index is -0.136. The molecule has 1 aliphatic heterocycles.